The molecule has 0 amide bonds. The zero-order valence-electron chi connectivity index (χ0n) is 41.2. The number of rotatable bonds is 8. The highest BCUT2D eigenvalue weighted by atomic mass is 16.3. The van der Waals surface area contributed by atoms with E-state index in [1.54, 1.807) is 0 Å². The molecule has 0 N–H and O–H groups in total. The molecule has 75 heavy (non-hydrogen) atoms. The topological polar surface area (TPSA) is 45.9 Å². The molecule has 0 radical (unpaired) electrons. The lowest BCUT2D eigenvalue weighted by molar-refractivity contribution is 0.668. The molecule has 0 fully saturated rings. The van der Waals surface area contributed by atoms with Crippen molar-refractivity contribution in [1.29, 1.82) is 0 Å². The normalized spacial score (nSPS) is 11.9. The van der Waals surface area contributed by atoms with Crippen molar-refractivity contribution in [3.05, 3.63) is 254 Å². The number of nitrogens with zero attached hydrogens (tertiary/aromatic N) is 2. The van der Waals surface area contributed by atoms with Gasteiger partial charge in [-0.2, -0.15) is 0 Å². The number of anilines is 6. The molecule has 0 aliphatic heterocycles. The van der Waals surface area contributed by atoms with E-state index in [4.69, 9.17) is 13.3 Å². The zero-order valence-corrected chi connectivity index (χ0v) is 41.2. The minimum Gasteiger partial charge on any atom is -0.456 e. The van der Waals surface area contributed by atoms with Crippen LogP contribution in [0.5, 0.6) is 0 Å². The average Bonchev–Trinajstić information content (AvgIpc) is 4.16. The van der Waals surface area contributed by atoms with E-state index < -0.39 is 0 Å². The molecule has 12 aromatic carbocycles. The monoisotopic (exact) mass is 962 g/mol. The number of aryl methyl sites for hydroxylation is 2. The molecule has 15 rings (SSSR count). The molecule has 0 atom stereocenters. The summed E-state index contributed by atoms with van der Waals surface area (Å²) in [6, 6.07) is 86.3. The first kappa shape index (κ1) is 42.8. The van der Waals surface area contributed by atoms with Gasteiger partial charge < -0.3 is 23.1 Å². The fraction of sp³-hybridized carbons (Fsp3) is 0.0286. The first-order valence-electron chi connectivity index (χ1n) is 25.6. The van der Waals surface area contributed by atoms with Crippen molar-refractivity contribution >= 4 is 121 Å². The Hall–Kier alpha value is -9.84. The van der Waals surface area contributed by atoms with Crippen molar-refractivity contribution in [3.63, 3.8) is 0 Å². The highest BCUT2D eigenvalue weighted by Gasteiger charge is 2.28. The fourth-order valence-electron chi connectivity index (χ4n) is 11.8. The third-order valence-corrected chi connectivity index (χ3v) is 15.1. The SMILES string of the molecule is Cc1cccc(N(c2cc3oc4cc(N(c5cccc(C)c5)c5cccc6c5oc5c(-c7ccccc7)cccc56)c5ccccc5c4c3c3ccccc23)c2cccc3c2oc2c(-c4ccccc4)cccc23)c1. The third kappa shape index (κ3) is 6.71. The van der Waals surface area contributed by atoms with Gasteiger partial charge in [0.2, 0.25) is 0 Å². The maximum Gasteiger partial charge on any atom is 0.159 e. The Morgan fingerprint density at radius 2 is 0.627 bits per heavy atom. The van der Waals surface area contributed by atoms with E-state index in [1.807, 2.05) is 0 Å². The minimum atomic E-state index is 0.789. The Bertz CT molecular complexity index is 4450. The summed E-state index contributed by atoms with van der Waals surface area (Å²) in [7, 11) is 0. The molecule has 15 aromatic rings. The number of hydrogen-bond donors (Lipinski definition) is 0. The van der Waals surface area contributed by atoms with Crippen LogP contribution in [0.3, 0.4) is 0 Å². The van der Waals surface area contributed by atoms with Crippen LogP contribution in [-0.2, 0) is 0 Å². The van der Waals surface area contributed by atoms with Crippen molar-refractivity contribution in [3.8, 4) is 22.3 Å². The van der Waals surface area contributed by atoms with Gasteiger partial charge in [0.25, 0.3) is 0 Å². The number of furan rings is 3. The summed E-state index contributed by atoms with van der Waals surface area (Å²) in [6.45, 7) is 4.30. The summed E-state index contributed by atoms with van der Waals surface area (Å²) in [4.78, 5) is 4.71. The van der Waals surface area contributed by atoms with E-state index in [1.165, 1.54) is 0 Å². The van der Waals surface area contributed by atoms with E-state index in [0.29, 0.717) is 0 Å². The average molecular weight is 963 g/mol. The maximum atomic E-state index is 7.34. The highest BCUT2D eigenvalue weighted by molar-refractivity contribution is 6.31. The molecule has 0 saturated heterocycles. The van der Waals surface area contributed by atoms with Crippen LogP contribution in [0.2, 0.25) is 0 Å². The second-order valence-corrected chi connectivity index (χ2v) is 19.7. The summed E-state index contributed by atoms with van der Waals surface area (Å²) in [5.41, 5.74) is 17.5. The molecule has 0 bridgehead atoms. The van der Waals surface area contributed by atoms with E-state index in [-0.39, 0.29) is 0 Å². The Kier molecular flexibility index (Phi) is 9.63. The van der Waals surface area contributed by atoms with E-state index >= 15 is 0 Å². The van der Waals surface area contributed by atoms with E-state index in [9.17, 15) is 0 Å². The first-order chi connectivity index (χ1) is 37.0. The van der Waals surface area contributed by atoms with Gasteiger partial charge in [-0.05, 0) is 83.3 Å². The molecular weight excluding hydrogens is 917 g/mol. The quantitative estimate of drug-likeness (QED) is 0.152. The van der Waals surface area contributed by atoms with Gasteiger partial charge in [0.15, 0.2) is 11.2 Å². The van der Waals surface area contributed by atoms with Crippen molar-refractivity contribution in [2.45, 2.75) is 13.8 Å². The number of benzene rings is 12. The van der Waals surface area contributed by atoms with Gasteiger partial charge in [0.05, 0.1) is 22.7 Å². The predicted molar refractivity (Wildman–Crippen MR) is 313 cm³/mol. The lowest BCUT2D eigenvalue weighted by Crippen LogP contribution is -2.11. The van der Waals surface area contributed by atoms with Crippen molar-refractivity contribution in [2.24, 2.45) is 0 Å². The van der Waals surface area contributed by atoms with Crippen LogP contribution in [0.4, 0.5) is 34.1 Å². The van der Waals surface area contributed by atoms with Gasteiger partial charge in [-0.3, -0.25) is 0 Å². The van der Waals surface area contributed by atoms with Crippen LogP contribution < -0.4 is 9.80 Å². The van der Waals surface area contributed by atoms with Gasteiger partial charge in [0, 0.05) is 77.7 Å². The van der Waals surface area contributed by atoms with Crippen LogP contribution in [0.1, 0.15) is 11.1 Å². The van der Waals surface area contributed by atoms with Crippen molar-refractivity contribution in [1.82, 2.24) is 0 Å². The summed E-state index contributed by atoms with van der Waals surface area (Å²) in [5, 5.41) is 10.8. The van der Waals surface area contributed by atoms with Crippen LogP contribution in [0.15, 0.2) is 256 Å². The van der Waals surface area contributed by atoms with Gasteiger partial charge in [-0.15, -0.1) is 0 Å². The zero-order chi connectivity index (χ0) is 49.7. The second-order valence-electron chi connectivity index (χ2n) is 19.7. The van der Waals surface area contributed by atoms with Crippen LogP contribution in [-0.4, -0.2) is 0 Å². The van der Waals surface area contributed by atoms with Crippen molar-refractivity contribution < 1.29 is 13.3 Å². The smallest absolute Gasteiger partial charge is 0.159 e. The standard InChI is InChI=1S/C70H46N2O3/c1-43-19-13-25-47(39-43)71(59-37-17-35-57-55-33-15-31-49(67(55)74-69(57)59)45-21-5-3-6-22-45)61-41-63-65(53-29-11-9-27-51(53)61)66-54-30-12-10-28-52(54)62(42-64(66)73-63)72(48-26-14-20-44(2)40-48)60-38-18-36-58-56-34-16-32-50(68(56)75-70(58)60)46-23-7-4-8-24-46/h3-42H,1-2H3. The molecule has 0 spiro atoms. The summed E-state index contributed by atoms with van der Waals surface area (Å²) >= 11 is 0. The lowest BCUT2D eigenvalue weighted by atomic mass is 9.96. The molecule has 5 nitrogen and oxygen atoms in total. The Labute approximate surface area is 432 Å². The summed E-state index contributed by atoms with van der Waals surface area (Å²) in [6.07, 6.45) is 0. The molecule has 0 aliphatic carbocycles. The molecule has 0 unspecified atom stereocenters. The predicted octanol–water partition coefficient (Wildman–Crippen LogP) is 20.6. The largest absolute Gasteiger partial charge is 0.456 e. The van der Waals surface area contributed by atoms with Crippen LogP contribution in [0, 0.1) is 13.8 Å². The second kappa shape index (κ2) is 16.9. The molecular formula is C70H46N2O3. The number of para-hydroxylation sites is 4. The van der Waals surface area contributed by atoms with E-state index in [2.05, 4.69) is 266 Å². The molecule has 5 heteroatoms. The summed E-state index contributed by atoms with van der Waals surface area (Å²) in [5.74, 6) is 0. The molecule has 0 aliphatic rings. The Morgan fingerprint density at radius 1 is 0.267 bits per heavy atom. The summed E-state index contributed by atoms with van der Waals surface area (Å²) < 4.78 is 21.6. The van der Waals surface area contributed by atoms with Crippen LogP contribution in [0.25, 0.3) is 110 Å². The number of fused-ring (bicyclic) bond motifs is 13. The van der Waals surface area contributed by atoms with Gasteiger partial charge in [-0.25, -0.2) is 0 Å². The van der Waals surface area contributed by atoms with Gasteiger partial charge in [0.1, 0.15) is 22.3 Å². The van der Waals surface area contributed by atoms with Gasteiger partial charge >= 0.3 is 0 Å². The Balaban J connectivity index is 0.988. The fourth-order valence-corrected chi connectivity index (χ4v) is 11.8. The highest BCUT2D eigenvalue weighted by Crippen LogP contribution is 2.52. The first-order valence-corrected chi connectivity index (χ1v) is 25.6. The maximum absolute atomic E-state index is 7.34. The Morgan fingerprint density at radius 3 is 1.05 bits per heavy atom. The number of hydrogen-bond acceptors (Lipinski definition) is 5. The molecule has 3 aromatic heterocycles. The van der Waals surface area contributed by atoms with Crippen molar-refractivity contribution in [2.75, 3.05) is 9.80 Å². The van der Waals surface area contributed by atoms with Crippen LogP contribution >= 0.6 is 0 Å². The van der Waals surface area contributed by atoms with Gasteiger partial charge in [-0.1, -0.05) is 194 Å². The molecule has 0 saturated carbocycles. The third-order valence-electron chi connectivity index (χ3n) is 15.1. The molecule has 3 heterocycles. The molecule has 354 valence electrons. The minimum absolute atomic E-state index is 0.789. The lowest BCUT2D eigenvalue weighted by Gasteiger charge is -2.27. The van der Waals surface area contributed by atoms with E-state index in [0.717, 1.165) is 155 Å².